The summed E-state index contributed by atoms with van der Waals surface area (Å²) in [6, 6.07) is 8.65. The van der Waals surface area contributed by atoms with Gasteiger partial charge in [-0.15, -0.1) is 5.10 Å². The largest absolute Gasteiger partial charge is 0.406 e. The third-order valence-electron chi connectivity index (χ3n) is 3.02. The van der Waals surface area contributed by atoms with E-state index in [-0.39, 0.29) is 6.04 Å². The minimum Gasteiger partial charge on any atom is -0.406 e. The molecule has 0 amide bonds. The molecule has 0 aliphatic rings. The van der Waals surface area contributed by atoms with Crippen molar-refractivity contribution in [2.24, 2.45) is 0 Å². The molecule has 2 N–H and O–H groups in total. The van der Waals surface area contributed by atoms with Gasteiger partial charge in [0, 0.05) is 5.69 Å². The highest BCUT2D eigenvalue weighted by Crippen LogP contribution is 2.22. The molecule has 0 bridgehead atoms. The van der Waals surface area contributed by atoms with Crippen molar-refractivity contribution in [3.8, 4) is 0 Å². The molecule has 0 aliphatic carbocycles. The van der Waals surface area contributed by atoms with E-state index in [9.17, 15) is 0 Å². The Balaban J connectivity index is 2.14. The van der Waals surface area contributed by atoms with Crippen molar-refractivity contribution in [2.45, 2.75) is 32.7 Å². The maximum Gasteiger partial charge on any atom is 0.320 e. The molecule has 1 atom stereocenters. The maximum atomic E-state index is 5.58. The Hall–Kier alpha value is -1.88. The van der Waals surface area contributed by atoms with E-state index >= 15 is 0 Å². The summed E-state index contributed by atoms with van der Waals surface area (Å²) in [5, 5.41) is 14.3. The molecule has 0 saturated carbocycles. The number of aryl methyl sites for hydroxylation is 1. The molecule has 0 aliphatic heterocycles. The molecule has 1 unspecified atom stereocenters. The van der Waals surface area contributed by atoms with Crippen LogP contribution in [0.4, 0.5) is 11.7 Å². The van der Waals surface area contributed by atoms with E-state index in [1.165, 1.54) is 5.56 Å². The molecule has 0 spiro atoms. The third kappa shape index (κ3) is 3.32. The van der Waals surface area contributed by atoms with Gasteiger partial charge < -0.3 is 15.1 Å². The number of hydrogen-bond donors (Lipinski definition) is 2. The van der Waals surface area contributed by atoms with Crippen molar-refractivity contribution in [1.29, 1.82) is 0 Å². The van der Waals surface area contributed by atoms with E-state index in [1.807, 2.05) is 32.2 Å². The van der Waals surface area contributed by atoms with Crippen LogP contribution in [0.5, 0.6) is 0 Å². The Morgan fingerprint density at radius 1 is 1.26 bits per heavy atom. The average molecular weight is 260 g/mol. The molecule has 2 aromatic rings. The van der Waals surface area contributed by atoms with Gasteiger partial charge >= 0.3 is 6.01 Å². The van der Waals surface area contributed by atoms with Crippen LogP contribution in [-0.4, -0.2) is 17.2 Å². The van der Waals surface area contributed by atoms with Gasteiger partial charge in [-0.3, -0.25) is 0 Å². The van der Waals surface area contributed by atoms with Crippen LogP contribution in [0.25, 0.3) is 0 Å². The Morgan fingerprint density at radius 3 is 2.79 bits per heavy atom. The van der Waals surface area contributed by atoms with Crippen LogP contribution in [-0.2, 0) is 6.42 Å². The van der Waals surface area contributed by atoms with Crippen LogP contribution in [0.2, 0.25) is 0 Å². The maximum absolute atomic E-state index is 5.58. The van der Waals surface area contributed by atoms with E-state index in [2.05, 4.69) is 33.8 Å². The van der Waals surface area contributed by atoms with Crippen LogP contribution < -0.4 is 10.6 Å². The summed E-state index contributed by atoms with van der Waals surface area (Å²) in [5.74, 6) is 0.581. The van der Waals surface area contributed by atoms with Gasteiger partial charge in [0.2, 0.25) is 5.89 Å². The smallest absolute Gasteiger partial charge is 0.320 e. The number of nitrogens with zero attached hydrogens (tertiary/aromatic N) is 2. The van der Waals surface area contributed by atoms with E-state index in [0.717, 1.165) is 18.5 Å². The highest BCUT2D eigenvalue weighted by atomic mass is 16.4. The predicted molar refractivity (Wildman–Crippen MR) is 75.5 cm³/mol. The van der Waals surface area contributed by atoms with E-state index < -0.39 is 0 Å². The van der Waals surface area contributed by atoms with Crippen molar-refractivity contribution >= 4 is 11.7 Å². The van der Waals surface area contributed by atoms with Crippen molar-refractivity contribution in [2.75, 3.05) is 12.4 Å². The molecule has 5 nitrogen and oxygen atoms in total. The molecule has 5 heteroatoms. The molecule has 0 radical (unpaired) electrons. The van der Waals surface area contributed by atoms with Gasteiger partial charge in [0.15, 0.2) is 0 Å². The number of para-hydroxylation sites is 1. The van der Waals surface area contributed by atoms with Crippen molar-refractivity contribution < 1.29 is 4.42 Å². The zero-order valence-electron chi connectivity index (χ0n) is 11.6. The lowest BCUT2D eigenvalue weighted by molar-refractivity contribution is 0.443. The molecule has 1 heterocycles. The van der Waals surface area contributed by atoms with Gasteiger partial charge in [0.25, 0.3) is 0 Å². The molecular weight excluding hydrogens is 240 g/mol. The lowest BCUT2D eigenvalue weighted by Crippen LogP contribution is -2.12. The summed E-state index contributed by atoms with van der Waals surface area (Å²) < 4.78 is 5.58. The van der Waals surface area contributed by atoms with E-state index in [0.29, 0.717) is 11.9 Å². The SMILES string of the molecule is CCCc1ccccc1Nc1nnc(C(C)NC)o1. The summed E-state index contributed by atoms with van der Waals surface area (Å²) in [7, 11) is 1.86. The monoisotopic (exact) mass is 260 g/mol. The zero-order chi connectivity index (χ0) is 13.7. The third-order valence-corrected chi connectivity index (χ3v) is 3.02. The number of aromatic nitrogens is 2. The quantitative estimate of drug-likeness (QED) is 0.835. The zero-order valence-corrected chi connectivity index (χ0v) is 11.6. The molecule has 2 rings (SSSR count). The van der Waals surface area contributed by atoms with Gasteiger partial charge in [0.1, 0.15) is 0 Å². The highest BCUT2D eigenvalue weighted by Gasteiger charge is 2.12. The lowest BCUT2D eigenvalue weighted by atomic mass is 10.1. The first-order valence-electron chi connectivity index (χ1n) is 6.60. The first kappa shape index (κ1) is 13.5. The van der Waals surface area contributed by atoms with Gasteiger partial charge in [-0.25, -0.2) is 0 Å². The Labute approximate surface area is 113 Å². The molecule has 19 heavy (non-hydrogen) atoms. The van der Waals surface area contributed by atoms with E-state index in [1.54, 1.807) is 0 Å². The first-order valence-corrected chi connectivity index (χ1v) is 6.60. The van der Waals surface area contributed by atoms with Crippen molar-refractivity contribution in [1.82, 2.24) is 15.5 Å². The van der Waals surface area contributed by atoms with Crippen LogP contribution in [0.3, 0.4) is 0 Å². The number of hydrogen-bond acceptors (Lipinski definition) is 5. The molecular formula is C14H20N4O. The molecule has 102 valence electrons. The number of rotatable bonds is 6. The molecule has 0 saturated heterocycles. The average Bonchev–Trinajstić information content (AvgIpc) is 2.89. The van der Waals surface area contributed by atoms with Gasteiger partial charge in [-0.2, -0.15) is 0 Å². The topological polar surface area (TPSA) is 63.0 Å². The van der Waals surface area contributed by atoms with Crippen molar-refractivity contribution in [3.63, 3.8) is 0 Å². The number of anilines is 2. The summed E-state index contributed by atoms with van der Waals surface area (Å²) in [5.41, 5.74) is 2.28. The second-order valence-electron chi connectivity index (χ2n) is 4.49. The summed E-state index contributed by atoms with van der Waals surface area (Å²) in [6.45, 7) is 4.14. The summed E-state index contributed by atoms with van der Waals surface area (Å²) in [4.78, 5) is 0. The Kier molecular flexibility index (Phi) is 4.52. The van der Waals surface area contributed by atoms with Crippen LogP contribution >= 0.6 is 0 Å². The van der Waals surface area contributed by atoms with Gasteiger partial charge in [-0.1, -0.05) is 36.6 Å². The summed E-state index contributed by atoms with van der Waals surface area (Å²) >= 11 is 0. The summed E-state index contributed by atoms with van der Waals surface area (Å²) in [6.07, 6.45) is 2.13. The number of nitrogens with one attached hydrogen (secondary N) is 2. The predicted octanol–water partition coefficient (Wildman–Crippen LogP) is 3.05. The lowest BCUT2D eigenvalue weighted by Gasteiger charge is -2.08. The molecule has 1 aromatic carbocycles. The number of benzene rings is 1. The normalized spacial score (nSPS) is 12.4. The van der Waals surface area contributed by atoms with Crippen molar-refractivity contribution in [3.05, 3.63) is 35.7 Å². The minimum absolute atomic E-state index is 0.0499. The fraction of sp³-hybridized carbons (Fsp3) is 0.429. The molecule has 1 aromatic heterocycles. The fourth-order valence-corrected chi connectivity index (χ4v) is 1.83. The second kappa shape index (κ2) is 6.33. The van der Waals surface area contributed by atoms with E-state index in [4.69, 9.17) is 4.42 Å². The van der Waals surface area contributed by atoms with Crippen LogP contribution in [0.15, 0.2) is 28.7 Å². The van der Waals surface area contributed by atoms with Crippen LogP contribution in [0.1, 0.15) is 37.8 Å². The first-order chi connectivity index (χ1) is 9.24. The second-order valence-corrected chi connectivity index (χ2v) is 4.49. The van der Waals surface area contributed by atoms with Gasteiger partial charge in [0.05, 0.1) is 6.04 Å². The Bertz CT molecular complexity index is 524. The standard InChI is InChI=1S/C14H20N4O/c1-4-7-11-8-5-6-9-12(11)16-14-18-17-13(19-14)10(2)15-3/h5-6,8-10,15H,4,7H2,1-3H3,(H,16,18). The van der Waals surface area contributed by atoms with Crippen LogP contribution in [0, 0.1) is 0 Å². The highest BCUT2D eigenvalue weighted by molar-refractivity contribution is 5.57. The minimum atomic E-state index is 0.0499. The van der Waals surface area contributed by atoms with Gasteiger partial charge in [-0.05, 0) is 32.0 Å². The Morgan fingerprint density at radius 2 is 2.05 bits per heavy atom. The molecule has 0 fully saturated rings. The fourth-order valence-electron chi connectivity index (χ4n) is 1.83.